The van der Waals surface area contributed by atoms with E-state index in [4.69, 9.17) is 4.98 Å². The molecule has 4 heteroatoms. The molecule has 1 aromatic rings. The monoisotopic (exact) mass is 288 g/mol. The number of aryl methyl sites for hydroxylation is 1. The minimum Gasteiger partial charge on any atom is -0.370 e. The van der Waals surface area contributed by atoms with Gasteiger partial charge in [0.15, 0.2) is 0 Å². The smallest absolute Gasteiger partial charge is 0.134 e. The summed E-state index contributed by atoms with van der Waals surface area (Å²) in [6.45, 7) is 6.32. The number of rotatable bonds is 4. The highest BCUT2D eigenvalue weighted by Crippen LogP contribution is 2.37. The summed E-state index contributed by atoms with van der Waals surface area (Å²) >= 11 is 0. The van der Waals surface area contributed by atoms with E-state index >= 15 is 0 Å². The normalized spacial score (nSPS) is 25.5. The van der Waals surface area contributed by atoms with Gasteiger partial charge in [0.2, 0.25) is 0 Å². The Labute approximate surface area is 128 Å². The van der Waals surface area contributed by atoms with Crippen LogP contribution in [0.25, 0.3) is 0 Å². The Morgan fingerprint density at radius 1 is 1.14 bits per heavy atom. The van der Waals surface area contributed by atoms with Crippen molar-refractivity contribution in [2.75, 3.05) is 23.3 Å². The number of piperidine rings is 1. The molecule has 1 aliphatic carbocycles. The fourth-order valence-corrected chi connectivity index (χ4v) is 3.97. The summed E-state index contributed by atoms with van der Waals surface area (Å²) < 4.78 is 0. The Bertz CT molecular complexity index is 472. The molecule has 1 aromatic heterocycles. The molecule has 0 unspecified atom stereocenters. The Kier molecular flexibility index (Phi) is 4.61. The van der Waals surface area contributed by atoms with Crippen molar-refractivity contribution in [1.29, 1.82) is 0 Å². The van der Waals surface area contributed by atoms with Gasteiger partial charge in [-0.25, -0.2) is 9.97 Å². The molecule has 2 aliphatic rings. The molecule has 1 aliphatic heterocycles. The van der Waals surface area contributed by atoms with Gasteiger partial charge in [0, 0.05) is 31.6 Å². The van der Waals surface area contributed by atoms with Gasteiger partial charge in [0.1, 0.15) is 17.5 Å². The van der Waals surface area contributed by atoms with E-state index in [0.717, 1.165) is 42.9 Å². The molecule has 0 spiro atoms. The van der Waals surface area contributed by atoms with Gasteiger partial charge < -0.3 is 10.2 Å². The molecule has 0 bridgehead atoms. The van der Waals surface area contributed by atoms with E-state index in [9.17, 15) is 0 Å². The molecule has 1 N–H and O–H groups in total. The third-order valence-electron chi connectivity index (χ3n) is 4.97. The van der Waals surface area contributed by atoms with Crippen LogP contribution in [0, 0.1) is 5.92 Å². The average molecular weight is 288 g/mol. The zero-order valence-electron chi connectivity index (χ0n) is 13.4. The molecule has 2 atom stereocenters. The lowest BCUT2D eigenvalue weighted by molar-refractivity contribution is 0.242. The number of aromatic nitrogens is 2. The molecule has 3 rings (SSSR count). The summed E-state index contributed by atoms with van der Waals surface area (Å²) in [7, 11) is 0. The average Bonchev–Trinajstić information content (AvgIpc) is 2.54. The number of nitrogens with one attached hydrogen (secondary N) is 1. The van der Waals surface area contributed by atoms with Crippen molar-refractivity contribution in [2.24, 2.45) is 5.92 Å². The van der Waals surface area contributed by atoms with Crippen LogP contribution in [-0.2, 0) is 6.42 Å². The van der Waals surface area contributed by atoms with E-state index in [1.807, 2.05) is 0 Å². The number of hydrogen-bond acceptors (Lipinski definition) is 4. The SMILES string of the molecule is CCNc1cc(N2CCC[C@H]3CCCC[C@H]32)nc(CC)n1. The summed E-state index contributed by atoms with van der Waals surface area (Å²) in [6, 6.07) is 2.86. The summed E-state index contributed by atoms with van der Waals surface area (Å²) in [5.41, 5.74) is 0. The lowest BCUT2D eigenvalue weighted by atomic mass is 9.78. The second-order valence-electron chi connectivity index (χ2n) is 6.36. The first kappa shape index (κ1) is 14.6. The fourth-order valence-electron chi connectivity index (χ4n) is 3.97. The highest BCUT2D eigenvalue weighted by Gasteiger charge is 2.34. The van der Waals surface area contributed by atoms with Crippen LogP contribution in [0.2, 0.25) is 0 Å². The van der Waals surface area contributed by atoms with Crippen LogP contribution in [0.5, 0.6) is 0 Å². The zero-order chi connectivity index (χ0) is 14.7. The van der Waals surface area contributed by atoms with Gasteiger partial charge in [-0.05, 0) is 38.5 Å². The molecule has 21 heavy (non-hydrogen) atoms. The zero-order valence-corrected chi connectivity index (χ0v) is 13.4. The summed E-state index contributed by atoms with van der Waals surface area (Å²) in [6.07, 6.45) is 9.16. The summed E-state index contributed by atoms with van der Waals surface area (Å²) in [5.74, 6) is 3.98. The van der Waals surface area contributed by atoms with Gasteiger partial charge in [-0.1, -0.05) is 19.8 Å². The van der Waals surface area contributed by atoms with E-state index < -0.39 is 0 Å². The largest absolute Gasteiger partial charge is 0.370 e. The van der Waals surface area contributed by atoms with Crippen LogP contribution in [0.15, 0.2) is 6.07 Å². The lowest BCUT2D eigenvalue weighted by Crippen LogP contribution is -2.47. The van der Waals surface area contributed by atoms with Gasteiger partial charge in [-0.15, -0.1) is 0 Å². The van der Waals surface area contributed by atoms with Crippen molar-refractivity contribution < 1.29 is 0 Å². The summed E-state index contributed by atoms with van der Waals surface area (Å²) in [5, 5.41) is 3.36. The van der Waals surface area contributed by atoms with Crippen molar-refractivity contribution in [1.82, 2.24) is 9.97 Å². The second kappa shape index (κ2) is 6.63. The Morgan fingerprint density at radius 3 is 2.76 bits per heavy atom. The maximum atomic E-state index is 4.82. The predicted molar refractivity (Wildman–Crippen MR) is 87.9 cm³/mol. The number of nitrogens with zero attached hydrogens (tertiary/aromatic N) is 3. The standard InChI is InChI=1S/C17H28N4/c1-3-15-19-16(18-4-2)12-17(20-15)21-11-7-9-13-8-5-6-10-14(13)21/h12-14H,3-11H2,1-2H3,(H,18,19,20)/t13-,14-/m1/s1. The highest BCUT2D eigenvalue weighted by atomic mass is 15.2. The molecule has 1 saturated carbocycles. The quantitative estimate of drug-likeness (QED) is 0.918. The first-order valence-electron chi connectivity index (χ1n) is 8.70. The molecule has 2 fully saturated rings. The predicted octanol–water partition coefficient (Wildman–Crippen LogP) is 3.63. The van der Waals surface area contributed by atoms with Gasteiger partial charge in [0.05, 0.1) is 0 Å². The molecule has 1 saturated heterocycles. The lowest BCUT2D eigenvalue weighted by Gasteiger charge is -2.44. The van der Waals surface area contributed by atoms with Crippen LogP contribution in [0.1, 0.15) is 58.2 Å². The first-order chi connectivity index (χ1) is 10.3. The van der Waals surface area contributed by atoms with E-state index in [2.05, 4.69) is 35.1 Å². The van der Waals surface area contributed by atoms with Gasteiger partial charge in [-0.2, -0.15) is 0 Å². The van der Waals surface area contributed by atoms with Crippen molar-refractivity contribution in [3.8, 4) is 0 Å². The highest BCUT2D eigenvalue weighted by molar-refractivity contribution is 5.50. The van der Waals surface area contributed by atoms with Crippen molar-refractivity contribution in [3.63, 3.8) is 0 Å². The third-order valence-corrected chi connectivity index (χ3v) is 4.97. The molecular formula is C17H28N4. The number of hydrogen-bond donors (Lipinski definition) is 1. The van der Waals surface area contributed by atoms with Crippen molar-refractivity contribution >= 4 is 11.6 Å². The minimum atomic E-state index is 0.710. The van der Waals surface area contributed by atoms with Crippen LogP contribution >= 0.6 is 0 Å². The van der Waals surface area contributed by atoms with E-state index in [1.165, 1.54) is 38.5 Å². The van der Waals surface area contributed by atoms with Gasteiger partial charge in [0.25, 0.3) is 0 Å². The van der Waals surface area contributed by atoms with Crippen molar-refractivity contribution in [3.05, 3.63) is 11.9 Å². The third kappa shape index (κ3) is 3.14. The topological polar surface area (TPSA) is 41.0 Å². The Hall–Kier alpha value is -1.32. The van der Waals surface area contributed by atoms with Crippen LogP contribution < -0.4 is 10.2 Å². The Balaban J connectivity index is 1.88. The summed E-state index contributed by atoms with van der Waals surface area (Å²) in [4.78, 5) is 12.0. The molecule has 0 amide bonds. The van der Waals surface area contributed by atoms with Crippen molar-refractivity contribution in [2.45, 2.75) is 64.8 Å². The first-order valence-corrected chi connectivity index (χ1v) is 8.70. The minimum absolute atomic E-state index is 0.710. The molecular weight excluding hydrogens is 260 g/mol. The van der Waals surface area contributed by atoms with E-state index in [0.29, 0.717) is 6.04 Å². The van der Waals surface area contributed by atoms with Crippen LogP contribution in [-0.4, -0.2) is 29.1 Å². The molecule has 0 aromatic carbocycles. The number of fused-ring (bicyclic) bond motifs is 1. The van der Waals surface area contributed by atoms with Gasteiger partial charge >= 0.3 is 0 Å². The number of anilines is 2. The fraction of sp³-hybridized carbons (Fsp3) is 0.765. The Morgan fingerprint density at radius 2 is 1.95 bits per heavy atom. The molecule has 4 nitrogen and oxygen atoms in total. The van der Waals surface area contributed by atoms with Crippen LogP contribution in [0.3, 0.4) is 0 Å². The maximum absolute atomic E-state index is 4.82. The van der Waals surface area contributed by atoms with Gasteiger partial charge in [-0.3, -0.25) is 0 Å². The van der Waals surface area contributed by atoms with E-state index in [-0.39, 0.29) is 0 Å². The molecule has 0 radical (unpaired) electrons. The maximum Gasteiger partial charge on any atom is 0.134 e. The molecule has 116 valence electrons. The second-order valence-corrected chi connectivity index (χ2v) is 6.36. The van der Waals surface area contributed by atoms with Crippen LogP contribution in [0.4, 0.5) is 11.6 Å². The molecule has 2 heterocycles. The van der Waals surface area contributed by atoms with E-state index in [1.54, 1.807) is 0 Å².